The number of benzene rings is 1. The highest BCUT2D eigenvalue weighted by Crippen LogP contribution is 2.41. The van der Waals surface area contributed by atoms with Crippen LogP contribution in [0.5, 0.6) is 0 Å². The Balaban J connectivity index is 1.28. The molecule has 0 bridgehead atoms. The third-order valence-corrected chi connectivity index (χ3v) is 6.96. The monoisotopic (exact) mass is 393 g/mol. The van der Waals surface area contributed by atoms with Gasteiger partial charge in [0.1, 0.15) is 5.69 Å². The summed E-state index contributed by atoms with van der Waals surface area (Å²) in [5.41, 5.74) is 1.17. The van der Waals surface area contributed by atoms with Crippen molar-refractivity contribution >= 4 is 11.8 Å². The van der Waals surface area contributed by atoms with Crippen LogP contribution >= 0.6 is 0 Å². The Morgan fingerprint density at radius 2 is 1.97 bits per heavy atom. The quantitative estimate of drug-likeness (QED) is 0.796. The Labute approximate surface area is 170 Å². The van der Waals surface area contributed by atoms with Crippen LogP contribution in [-0.4, -0.2) is 52.9 Å². The van der Waals surface area contributed by atoms with Crippen molar-refractivity contribution in [1.82, 2.24) is 15.0 Å². The predicted octanol–water partition coefficient (Wildman–Crippen LogP) is 3.60. The van der Waals surface area contributed by atoms with Crippen molar-refractivity contribution in [3.63, 3.8) is 0 Å². The fourth-order valence-corrected chi connectivity index (χ4v) is 5.01. The fourth-order valence-electron chi connectivity index (χ4n) is 5.01. The normalized spacial score (nSPS) is 24.9. The molecule has 2 saturated heterocycles. The summed E-state index contributed by atoms with van der Waals surface area (Å²) in [7, 11) is 0. The molecule has 2 aliphatic heterocycles. The van der Waals surface area contributed by atoms with Crippen LogP contribution in [0.25, 0.3) is 11.3 Å². The number of piperidine rings is 1. The van der Waals surface area contributed by atoms with E-state index in [1.54, 1.807) is 11.0 Å². The van der Waals surface area contributed by atoms with Crippen LogP contribution in [0.4, 0.5) is 0 Å². The van der Waals surface area contributed by atoms with E-state index >= 15 is 0 Å². The molecule has 29 heavy (non-hydrogen) atoms. The fraction of sp³-hybridized carbons (Fsp3) is 0.522. The third-order valence-electron chi connectivity index (χ3n) is 6.96. The lowest BCUT2D eigenvalue weighted by molar-refractivity contribution is -0.146. The van der Waals surface area contributed by atoms with E-state index in [0.717, 1.165) is 37.9 Å². The average molecular weight is 393 g/mol. The van der Waals surface area contributed by atoms with E-state index in [4.69, 9.17) is 4.52 Å². The molecule has 6 nitrogen and oxygen atoms in total. The zero-order valence-corrected chi connectivity index (χ0v) is 16.7. The molecule has 0 N–H and O–H groups in total. The Morgan fingerprint density at radius 1 is 1.14 bits per heavy atom. The minimum atomic E-state index is -0.403. The summed E-state index contributed by atoms with van der Waals surface area (Å²) in [6.45, 7) is 2.86. The molecule has 3 fully saturated rings. The molecular formula is C23H27N3O3. The van der Waals surface area contributed by atoms with Crippen LogP contribution in [0.1, 0.15) is 49.1 Å². The predicted molar refractivity (Wildman–Crippen MR) is 108 cm³/mol. The number of rotatable bonds is 4. The first-order chi connectivity index (χ1) is 14.1. The summed E-state index contributed by atoms with van der Waals surface area (Å²) in [6.07, 6.45) is 6.44. The van der Waals surface area contributed by atoms with Crippen molar-refractivity contribution in [2.75, 3.05) is 26.2 Å². The summed E-state index contributed by atoms with van der Waals surface area (Å²) in [6, 6.07) is 11.4. The molecule has 152 valence electrons. The number of likely N-dealkylation sites (tertiary alicyclic amines) is 2. The van der Waals surface area contributed by atoms with E-state index in [-0.39, 0.29) is 17.6 Å². The number of hydrogen-bond donors (Lipinski definition) is 0. The first kappa shape index (κ1) is 18.4. The molecule has 5 rings (SSSR count). The van der Waals surface area contributed by atoms with Gasteiger partial charge in [-0.3, -0.25) is 9.59 Å². The van der Waals surface area contributed by atoms with Gasteiger partial charge in [0.05, 0.1) is 5.41 Å². The highest BCUT2D eigenvalue weighted by molar-refractivity contribution is 5.94. The van der Waals surface area contributed by atoms with E-state index in [1.807, 2.05) is 30.3 Å². The van der Waals surface area contributed by atoms with E-state index < -0.39 is 5.41 Å². The number of aromatic nitrogens is 1. The minimum Gasteiger partial charge on any atom is -0.350 e. The van der Waals surface area contributed by atoms with Gasteiger partial charge in [0.25, 0.3) is 5.91 Å². The minimum absolute atomic E-state index is 0.166. The standard InChI is InChI=1S/C23H27N3O3/c27-21(20-14-19(24-29-20)18-8-2-1-3-9-18)26-13-11-23(16-26)10-5-12-25(22(23)28)15-17-6-4-7-17/h1-3,8-9,14,17H,4-7,10-13,15-16H2/t23-/m1/s1. The first-order valence-electron chi connectivity index (χ1n) is 10.8. The Bertz CT molecular complexity index is 905. The van der Waals surface area contributed by atoms with E-state index in [1.165, 1.54) is 19.3 Å². The smallest absolute Gasteiger partial charge is 0.292 e. The lowest BCUT2D eigenvalue weighted by atomic mass is 9.77. The Morgan fingerprint density at radius 3 is 2.72 bits per heavy atom. The molecule has 3 aliphatic rings. The number of carbonyl (C=O) groups excluding carboxylic acids is 2. The van der Waals surface area contributed by atoms with Crippen molar-refractivity contribution in [3.05, 3.63) is 42.2 Å². The SMILES string of the molecule is O=C(c1cc(-c2ccccc2)no1)N1CC[C@]2(CCCN(CC3CCC3)C2=O)C1. The lowest BCUT2D eigenvalue weighted by Gasteiger charge is -2.42. The van der Waals surface area contributed by atoms with Gasteiger partial charge in [0, 0.05) is 37.8 Å². The summed E-state index contributed by atoms with van der Waals surface area (Å²) < 4.78 is 5.36. The molecular weight excluding hydrogens is 366 g/mol. The van der Waals surface area contributed by atoms with Gasteiger partial charge in [-0.25, -0.2) is 0 Å². The Hall–Kier alpha value is -2.63. The number of carbonyl (C=O) groups is 2. The molecule has 0 radical (unpaired) electrons. The summed E-state index contributed by atoms with van der Waals surface area (Å²) in [5, 5.41) is 4.06. The van der Waals surface area contributed by atoms with Crippen molar-refractivity contribution < 1.29 is 14.1 Å². The maximum atomic E-state index is 13.3. The van der Waals surface area contributed by atoms with Gasteiger partial charge in [-0.05, 0) is 38.0 Å². The molecule has 0 unspecified atom stereocenters. The molecule has 1 atom stereocenters. The van der Waals surface area contributed by atoms with Crippen molar-refractivity contribution in [3.8, 4) is 11.3 Å². The maximum absolute atomic E-state index is 13.3. The van der Waals surface area contributed by atoms with Gasteiger partial charge in [0.2, 0.25) is 11.7 Å². The third kappa shape index (κ3) is 3.34. The largest absolute Gasteiger partial charge is 0.350 e. The molecule has 3 heterocycles. The summed E-state index contributed by atoms with van der Waals surface area (Å²) >= 11 is 0. The first-order valence-corrected chi connectivity index (χ1v) is 10.8. The topological polar surface area (TPSA) is 66.7 Å². The highest BCUT2D eigenvalue weighted by atomic mass is 16.5. The number of nitrogens with zero attached hydrogens (tertiary/aromatic N) is 3. The molecule has 1 aliphatic carbocycles. The second-order valence-electron chi connectivity index (χ2n) is 8.85. The molecule has 1 spiro atoms. The van der Waals surface area contributed by atoms with Gasteiger partial charge < -0.3 is 14.3 Å². The van der Waals surface area contributed by atoms with Crippen LogP contribution < -0.4 is 0 Å². The Kier molecular flexibility index (Phi) is 4.64. The van der Waals surface area contributed by atoms with Gasteiger partial charge in [-0.1, -0.05) is 41.9 Å². The molecule has 1 saturated carbocycles. The number of amides is 2. The zero-order valence-electron chi connectivity index (χ0n) is 16.7. The van der Waals surface area contributed by atoms with Gasteiger partial charge in [0.15, 0.2) is 0 Å². The highest BCUT2D eigenvalue weighted by Gasteiger charge is 2.50. The lowest BCUT2D eigenvalue weighted by Crippen LogP contribution is -2.52. The second-order valence-corrected chi connectivity index (χ2v) is 8.85. The summed E-state index contributed by atoms with van der Waals surface area (Å²) in [4.78, 5) is 30.1. The van der Waals surface area contributed by atoms with E-state index in [0.29, 0.717) is 24.7 Å². The molecule has 6 heteroatoms. The maximum Gasteiger partial charge on any atom is 0.292 e. The molecule has 2 amide bonds. The van der Waals surface area contributed by atoms with Crippen LogP contribution in [0.2, 0.25) is 0 Å². The van der Waals surface area contributed by atoms with Crippen LogP contribution in [0, 0.1) is 11.3 Å². The van der Waals surface area contributed by atoms with E-state index in [9.17, 15) is 9.59 Å². The zero-order chi connectivity index (χ0) is 19.8. The van der Waals surface area contributed by atoms with E-state index in [2.05, 4.69) is 10.1 Å². The average Bonchev–Trinajstić information content (AvgIpc) is 3.37. The van der Waals surface area contributed by atoms with Gasteiger partial charge >= 0.3 is 0 Å². The molecule has 1 aromatic carbocycles. The van der Waals surface area contributed by atoms with Crippen molar-refractivity contribution in [2.24, 2.45) is 11.3 Å². The second kappa shape index (κ2) is 7.32. The van der Waals surface area contributed by atoms with Crippen LogP contribution in [0.15, 0.2) is 40.9 Å². The molecule has 1 aromatic heterocycles. The van der Waals surface area contributed by atoms with Crippen LogP contribution in [-0.2, 0) is 4.79 Å². The van der Waals surface area contributed by atoms with Gasteiger partial charge in [-0.15, -0.1) is 0 Å². The van der Waals surface area contributed by atoms with Gasteiger partial charge in [-0.2, -0.15) is 0 Å². The van der Waals surface area contributed by atoms with Crippen LogP contribution in [0.3, 0.4) is 0 Å². The molecule has 2 aromatic rings. The summed E-state index contributed by atoms with van der Waals surface area (Å²) in [5.74, 6) is 1.02. The van der Waals surface area contributed by atoms with Crippen molar-refractivity contribution in [2.45, 2.75) is 38.5 Å². The van der Waals surface area contributed by atoms with Crippen molar-refractivity contribution in [1.29, 1.82) is 0 Å². The number of hydrogen-bond acceptors (Lipinski definition) is 4.